The van der Waals surface area contributed by atoms with Crippen molar-refractivity contribution in [1.82, 2.24) is 5.32 Å². The van der Waals surface area contributed by atoms with Gasteiger partial charge in [-0.3, -0.25) is 13.8 Å². The summed E-state index contributed by atoms with van der Waals surface area (Å²) in [5.41, 5.74) is 0. The second kappa shape index (κ2) is 59.3. The molecule has 0 heterocycles. The summed E-state index contributed by atoms with van der Waals surface area (Å²) in [6.07, 6.45) is 84.3. The summed E-state index contributed by atoms with van der Waals surface area (Å²) in [4.78, 5) is 23.4. The quantitative estimate of drug-likeness (QED) is 0.0243. The van der Waals surface area contributed by atoms with Crippen molar-refractivity contribution in [1.29, 1.82) is 0 Å². The fraction of sp³-hybridized carbons (Fsp3) is 0.783. The number of unbranched alkanes of at least 4 members (excludes halogenated alkanes) is 35. The summed E-state index contributed by atoms with van der Waals surface area (Å²) in [6.45, 7) is 4.71. The third-order valence-electron chi connectivity index (χ3n) is 14.6. The summed E-state index contributed by atoms with van der Waals surface area (Å²) in [7, 11) is 1.56. The molecule has 3 N–H and O–H groups in total. The van der Waals surface area contributed by atoms with E-state index in [0.29, 0.717) is 17.4 Å². The van der Waals surface area contributed by atoms with E-state index in [1.165, 1.54) is 205 Å². The van der Waals surface area contributed by atoms with Crippen LogP contribution in [0.5, 0.6) is 0 Å². The normalized spacial score (nSPS) is 14.3. The van der Waals surface area contributed by atoms with E-state index in [-0.39, 0.29) is 19.1 Å². The second-order valence-corrected chi connectivity index (χ2v) is 24.9. The minimum Gasteiger partial charge on any atom is -0.387 e. The molecule has 0 rings (SSSR count). The number of hydrogen-bond acceptors (Lipinski definition) is 5. The van der Waals surface area contributed by atoms with E-state index in [2.05, 4.69) is 92.1 Å². The maximum Gasteiger partial charge on any atom is 0.472 e. The number of aliphatic hydroxyl groups excluding tert-OH is 1. The van der Waals surface area contributed by atoms with Crippen molar-refractivity contribution in [2.45, 2.75) is 309 Å². The van der Waals surface area contributed by atoms with Gasteiger partial charge in [-0.2, -0.15) is 0 Å². The Balaban J connectivity index is 4.15. The van der Waals surface area contributed by atoms with E-state index in [9.17, 15) is 19.4 Å². The average molecular weight is 1110 g/mol. The number of phosphoric ester groups is 1. The van der Waals surface area contributed by atoms with Gasteiger partial charge in [-0.15, -0.1) is 0 Å². The molecular formula is C69H128N2O6P+. The van der Waals surface area contributed by atoms with Gasteiger partial charge in [0.25, 0.3) is 0 Å². The van der Waals surface area contributed by atoms with E-state index in [4.69, 9.17) is 9.05 Å². The lowest BCUT2D eigenvalue weighted by molar-refractivity contribution is -0.870. The number of quaternary nitrogens is 1. The summed E-state index contributed by atoms with van der Waals surface area (Å²) in [5, 5.41) is 14.0. The molecule has 3 atom stereocenters. The molecule has 78 heavy (non-hydrogen) atoms. The Labute approximate surface area is 484 Å². The first-order valence-corrected chi connectivity index (χ1v) is 34.5. The van der Waals surface area contributed by atoms with Gasteiger partial charge in [0.15, 0.2) is 0 Å². The highest BCUT2D eigenvalue weighted by Crippen LogP contribution is 2.43. The van der Waals surface area contributed by atoms with E-state index in [1.54, 1.807) is 6.08 Å². The second-order valence-electron chi connectivity index (χ2n) is 23.5. The van der Waals surface area contributed by atoms with Crippen LogP contribution >= 0.6 is 7.82 Å². The van der Waals surface area contributed by atoms with Crippen LogP contribution in [0, 0.1) is 0 Å². The molecule has 0 aliphatic rings. The highest BCUT2D eigenvalue weighted by Gasteiger charge is 2.27. The van der Waals surface area contributed by atoms with Crippen LogP contribution in [-0.2, 0) is 18.4 Å². The van der Waals surface area contributed by atoms with Crippen molar-refractivity contribution < 1.29 is 32.9 Å². The first kappa shape index (κ1) is 75.7. The number of carbonyl (C=O) groups excluding carboxylic acids is 1. The first-order chi connectivity index (χ1) is 38.0. The van der Waals surface area contributed by atoms with Gasteiger partial charge in [0, 0.05) is 6.42 Å². The largest absolute Gasteiger partial charge is 0.472 e. The van der Waals surface area contributed by atoms with Crippen molar-refractivity contribution in [3.63, 3.8) is 0 Å². The molecule has 1 amide bonds. The van der Waals surface area contributed by atoms with Gasteiger partial charge in [0.1, 0.15) is 13.2 Å². The molecule has 8 nitrogen and oxygen atoms in total. The molecule has 0 aliphatic heterocycles. The van der Waals surface area contributed by atoms with Crippen LogP contribution in [0.3, 0.4) is 0 Å². The van der Waals surface area contributed by atoms with E-state index in [0.717, 1.165) is 70.6 Å². The lowest BCUT2D eigenvalue weighted by atomic mass is 10.0. The molecule has 0 aromatic heterocycles. The topological polar surface area (TPSA) is 105 Å². The minimum absolute atomic E-state index is 0.0541. The molecule has 0 bridgehead atoms. The summed E-state index contributed by atoms with van der Waals surface area (Å²) in [6, 6.07) is -0.869. The third kappa shape index (κ3) is 61.3. The van der Waals surface area contributed by atoms with E-state index in [1.807, 2.05) is 27.2 Å². The number of hydrogen-bond donors (Lipinski definition) is 3. The predicted octanol–water partition coefficient (Wildman–Crippen LogP) is 20.8. The van der Waals surface area contributed by atoms with Gasteiger partial charge in [0.2, 0.25) is 5.91 Å². The van der Waals surface area contributed by atoms with Crippen LogP contribution in [0.2, 0.25) is 0 Å². The summed E-state index contributed by atoms with van der Waals surface area (Å²) < 4.78 is 23.8. The Morgan fingerprint density at radius 1 is 0.449 bits per heavy atom. The molecule has 0 aromatic rings. The molecule has 454 valence electrons. The Kier molecular flexibility index (Phi) is 57.5. The first-order valence-electron chi connectivity index (χ1n) is 33.0. The lowest BCUT2D eigenvalue weighted by Gasteiger charge is -2.25. The van der Waals surface area contributed by atoms with Gasteiger partial charge in [-0.1, -0.05) is 298 Å². The number of rotatable bonds is 60. The molecule has 0 aliphatic carbocycles. The standard InChI is InChI=1S/C69H127N2O6P/c1-6-8-10-12-14-16-18-20-22-24-26-28-30-32-33-34-35-36-37-39-41-43-45-47-49-51-53-55-57-59-61-63-69(73)70-67(66-77-78(74,75)76-65-64-71(3,4)5)68(72)62-60-58-56-54-52-50-48-46-44-42-40-38-31-29-27-25-23-21-19-17-15-13-11-9-7-2/h8,10,14,16,20,22,26,28,32-33,52,54,60,62,67-68,72H,6-7,9,11-13,15,17-19,21,23-25,27,29-31,34-51,53,55-59,61,63-66H2,1-5H3,(H-,70,73,74,75)/p+1/b10-8-,16-14-,22-20-,28-26-,33-32-,54-52+,62-60+. The van der Waals surface area contributed by atoms with Gasteiger partial charge < -0.3 is 19.8 Å². The van der Waals surface area contributed by atoms with Crippen LogP contribution in [-0.4, -0.2) is 73.4 Å². The molecule has 0 spiro atoms. The molecule has 0 fully saturated rings. The zero-order chi connectivity index (χ0) is 57.0. The van der Waals surface area contributed by atoms with Crippen molar-refractivity contribution in [3.8, 4) is 0 Å². The number of aliphatic hydroxyl groups is 1. The zero-order valence-corrected chi connectivity index (χ0v) is 52.8. The number of likely N-dealkylation sites (N-methyl/N-ethyl adjacent to an activating group) is 1. The number of amides is 1. The summed E-state index contributed by atoms with van der Waals surface area (Å²) >= 11 is 0. The molecule has 3 unspecified atom stereocenters. The van der Waals surface area contributed by atoms with Gasteiger partial charge in [-0.25, -0.2) is 4.57 Å². The number of nitrogens with one attached hydrogen (secondary N) is 1. The number of allylic oxidation sites excluding steroid dienone is 13. The molecule has 0 saturated heterocycles. The molecular weight excluding hydrogens is 984 g/mol. The maximum atomic E-state index is 13.0. The number of phosphoric acid groups is 1. The van der Waals surface area contributed by atoms with Crippen LogP contribution in [0.1, 0.15) is 296 Å². The van der Waals surface area contributed by atoms with E-state index >= 15 is 0 Å². The van der Waals surface area contributed by atoms with Crippen molar-refractivity contribution in [2.24, 2.45) is 0 Å². The Morgan fingerprint density at radius 3 is 1.18 bits per heavy atom. The van der Waals surface area contributed by atoms with E-state index < -0.39 is 20.0 Å². The Morgan fingerprint density at radius 2 is 0.782 bits per heavy atom. The third-order valence-corrected chi connectivity index (χ3v) is 15.6. The lowest BCUT2D eigenvalue weighted by Crippen LogP contribution is -2.45. The fourth-order valence-corrected chi connectivity index (χ4v) is 10.2. The number of carbonyl (C=O) groups is 1. The van der Waals surface area contributed by atoms with Gasteiger partial charge in [0.05, 0.1) is 39.9 Å². The van der Waals surface area contributed by atoms with Crippen LogP contribution in [0.15, 0.2) is 85.1 Å². The SMILES string of the molecule is CC/C=C\C/C=C\C/C=C\C/C=C\C/C=C\CCCCCCCCCCCCCCCCCC(=O)NC(COP(=O)(O)OCC[N+](C)(C)C)C(O)/C=C/CC/C=C/CCCCCCCCCCCCCCCCCCCCC. The average Bonchev–Trinajstić information content (AvgIpc) is 3.41. The van der Waals surface area contributed by atoms with Gasteiger partial charge in [-0.05, 0) is 77.0 Å². The Bertz CT molecular complexity index is 1550. The smallest absolute Gasteiger partial charge is 0.387 e. The maximum absolute atomic E-state index is 13.0. The molecule has 9 heteroatoms. The van der Waals surface area contributed by atoms with Crippen molar-refractivity contribution in [3.05, 3.63) is 85.1 Å². The van der Waals surface area contributed by atoms with Crippen LogP contribution < -0.4 is 5.32 Å². The Hall–Kier alpha value is -2.32. The molecule has 0 radical (unpaired) electrons. The van der Waals surface area contributed by atoms with Crippen LogP contribution in [0.25, 0.3) is 0 Å². The zero-order valence-electron chi connectivity index (χ0n) is 51.9. The number of nitrogens with zero attached hydrogens (tertiary/aromatic N) is 1. The van der Waals surface area contributed by atoms with Crippen molar-refractivity contribution in [2.75, 3.05) is 40.9 Å². The minimum atomic E-state index is -4.36. The predicted molar refractivity (Wildman–Crippen MR) is 341 cm³/mol. The highest BCUT2D eigenvalue weighted by molar-refractivity contribution is 7.47. The molecule has 0 saturated carbocycles. The monoisotopic (exact) mass is 1110 g/mol. The fourth-order valence-electron chi connectivity index (χ4n) is 9.50. The summed E-state index contributed by atoms with van der Waals surface area (Å²) in [5.74, 6) is -0.186. The van der Waals surface area contributed by atoms with Gasteiger partial charge >= 0.3 is 7.82 Å². The van der Waals surface area contributed by atoms with Crippen molar-refractivity contribution >= 4 is 13.7 Å². The van der Waals surface area contributed by atoms with Crippen LogP contribution in [0.4, 0.5) is 0 Å². The highest BCUT2D eigenvalue weighted by atomic mass is 31.2. The molecule has 0 aromatic carbocycles.